The molecule has 1 amide bonds. The normalized spacial score (nSPS) is 10.5. The maximum atomic E-state index is 12.2. The molecule has 3 aromatic rings. The number of carbonyl (C=O) groups is 1. The number of amides is 1. The van der Waals surface area contributed by atoms with E-state index in [4.69, 9.17) is 4.74 Å². The molecule has 0 unspecified atom stereocenters. The van der Waals surface area contributed by atoms with Gasteiger partial charge < -0.3 is 10.1 Å². The van der Waals surface area contributed by atoms with Crippen molar-refractivity contribution in [2.24, 2.45) is 0 Å². The lowest BCUT2D eigenvalue weighted by Crippen LogP contribution is -2.26. The van der Waals surface area contributed by atoms with Crippen molar-refractivity contribution in [1.29, 1.82) is 0 Å². The van der Waals surface area contributed by atoms with Crippen molar-refractivity contribution in [1.82, 2.24) is 15.3 Å². The molecule has 6 heteroatoms. The summed E-state index contributed by atoms with van der Waals surface area (Å²) >= 11 is 1.43. The van der Waals surface area contributed by atoms with Crippen LogP contribution >= 0.6 is 11.3 Å². The second-order valence-electron chi connectivity index (χ2n) is 6.07. The number of nitrogens with one attached hydrogen (secondary N) is 1. The number of aromatic nitrogens is 2. The molecule has 3 rings (SSSR count). The summed E-state index contributed by atoms with van der Waals surface area (Å²) in [7, 11) is 0. The van der Waals surface area contributed by atoms with Crippen LogP contribution in [0.2, 0.25) is 0 Å². The molecule has 0 saturated heterocycles. The number of aryl methyl sites for hydroxylation is 2. The van der Waals surface area contributed by atoms with Gasteiger partial charge in [-0.05, 0) is 49.2 Å². The molecule has 0 fully saturated rings. The van der Waals surface area contributed by atoms with Crippen LogP contribution in [0.3, 0.4) is 0 Å². The number of thiazole rings is 1. The third-order valence-corrected chi connectivity index (χ3v) is 4.56. The number of benzene rings is 1. The highest BCUT2D eigenvalue weighted by molar-refractivity contribution is 7.09. The summed E-state index contributed by atoms with van der Waals surface area (Å²) in [6.45, 7) is 4.96. The second-order valence-corrected chi connectivity index (χ2v) is 7.01. The Hall–Kier alpha value is -2.73. The molecule has 1 aromatic carbocycles. The number of rotatable bonds is 7. The Bertz CT molecular complexity index is 858. The SMILES string of the molecule is Cc1cc(C)cc(OCc2nc(C(=O)NCCc3ccccn3)cs2)c1. The first-order valence-corrected chi connectivity index (χ1v) is 9.32. The van der Waals surface area contributed by atoms with Crippen molar-refractivity contribution in [2.75, 3.05) is 6.54 Å². The largest absolute Gasteiger partial charge is 0.486 e. The van der Waals surface area contributed by atoms with Gasteiger partial charge in [0.2, 0.25) is 0 Å². The first-order chi connectivity index (χ1) is 12.6. The van der Waals surface area contributed by atoms with Gasteiger partial charge in [0, 0.05) is 30.2 Å². The fourth-order valence-electron chi connectivity index (χ4n) is 2.58. The fraction of sp³-hybridized carbons (Fsp3) is 0.250. The van der Waals surface area contributed by atoms with E-state index in [0.717, 1.165) is 27.6 Å². The molecule has 2 aromatic heterocycles. The summed E-state index contributed by atoms with van der Waals surface area (Å²) in [6, 6.07) is 11.8. The van der Waals surface area contributed by atoms with Crippen LogP contribution in [0.4, 0.5) is 0 Å². The first-order valence-electron chi connectivity index (χ1n) is 8.44. The Labute approximate surface area is 157 Å². The van der Waals surface area contributed by atoms with Crippen molar-refractivity contribution < 1.29 is 9.53 Å². The number of carbonyl (C=O) groups excluding carboxylic acids is 1. The Morgan fingerprint density at radius 2 is 2.00 bits per heavy atom. The van der Waals surface area contributed by atoms with Crippen LogP contribution in [0.1, 0.15) is 32.3 Å². The average Bonchev–Trinajstić information content (AvgIpc) is 3.09. The number of hydrogen-bond donors (Lipinski definition) is 1. The van der Waals surface area contributed by atoms with Crippen LogP contribution in [0.15, 0.2) is 48.0 Å². The molecule has 0 aliphatic carbocycles. The standard InChI is InChI=1S/C20H21N3O2S/c1-14-9-15(2)11-17(10-14)25-12-19-23-18(13-26-19)20(24)22-8-6-16-5-3-4-7-21-16/h3-5,7,9-11,13H,6,8,12H2,1-2H3,(H,22,24). The van der Waals surface area contributed by atoms with E-state index < -0.39 is 0 Å². The van der Waals surface area contributed by atoms with Crippen molar-refractivity contribution >= 4 is 17.2 Å². The quantitative estimate of drug-likeness (QED) is 0.691. The summed E-state index contributed by atoms with van der Waals surface area (Å²) in [5.74, 6) is 0.647. The van der Waals surface area contributed by atoms with Crippen LogP contribution in [0.25, 0.3) is 0 Å². The van der Waals surface area contributed by atoms with E-state index in [2.05, 4.69) is 21.4 Å². The Balaban J connectivity index is 1.49. The van der Waals surface area contributed by atoms with Gasteiger partial charge in [-0.2, -0.15) is 0 Å². The van der Waals surface area contributed by atoms with E-state index in [9.17, 15) is 4.79 Å². The molecule has 5 nitrogen and oxygen atoms in total. The van der Waals surface area contributed by atoms with Crippen LogP contribution < -0.4 is 10.1 Å². The predicted molar refractivity (Wildman–Crippen MR) is 103 cm³/mol. The summed E-state index contributed by atoms with van der Waals surface area (Å²) < 4.78 is 5.79. The predicted octanol–water partition coefficient (Wildman–Crippen LogP) is 3.71. The lowest BCUT2D eigenvalue weighted by atomic mass is 10.1. The maximum Gasteiger partial charge on any atom is 0.270 e. The second kappa shape index (κ2) is 8.58. The van der Waals surface area contributed by atoms with Gasteiger partial charge in [0.05, 0.1) is 0 Å². The monoisotopic (exact) mass is 367 g/mol. The van der Waals surface area contributed by atoms with E-state index in [1.807, 2.05) is 44.2 Å². The van der Waals surface area contributed by atoms with Crippen molar-refractivity contribution in [3.8, 4) is 5.75 Å². The third-order valence-electron chi connectivity index (χ3n) is 3.73. The Morgan fingerprint density at radius 3 is 2.73 bits per heavy atom. The van der Waals surface area contributed by atoms with E-state index >= 15 is 0 Å². The van der Waals surface area contributed by atoms with Gasteiger partial charge in [-0.15, -0.1) is 11.3 Å². The topological polar surface area (TPSA) is 64.1 Å². The molecule has 0 spiro atoms. The van der Waals surface area contributed by atoms with E-state index in [1.54, 1.807) is 11.6 Å². The molecule has 2 heterocycles. The zero-order valence-corrected chi connectivity index (χ0v) is 15.7. The molecule has 0 saturated carbocycles. The smallest absolute Gasteiger partial charge is 0.270 e. The summed E-state index contributed by atoms with van der Waals surface area (Å²) in [4.78, 5) is 20.8. The third kappa shape index (κ3) is 5.13. The maximum absolute atomic E-state index is 12.2. The number of hydrogen-bond acceptors (Lipinski definition) is 5. The van der Waals surface area contributed by atoms with Gasteiger partial charge in [0.15, 0.2) is 0 Å². The molecular formula is C20H21N3O2S. The Morgan fingerprint density at radius 1 is 1.19 bits per heavy atom. The van der Waals surface area contributed by atoms with E-state index in [-0.39, 0.29) is 5.91 Å². The minimum absolute atomic E-state index is 0.171. The summed E-state index contributed by atoms with van der Waals surface area (Å²) in [5.41, 5.74) is 3.70. The first kappa shape index (κ1) is 18.1. The molecule has 26 heavy (non-hydrogen) atoms. The molecule has 0 bridgehead atoms. The van der Waals surface area contributed by atoms with Gasteiger partial charge in [0.1, 0.15) is 23.1 Å². The van der Waals surface area contributed by atoms with Gasteiger partial charge in [-0.1, -0.05) is 12.1 Å². The summed E-state index contributed by atoms with van der Waals surface area (Å²) in [6.07, 6.45) is 2.44. The van der Waals surface area contributed by atoms with Crippen molar-refractivity contribution in [3.05, 3.63) is 75.5 Å². The minimum atomic E-state index is -0.171. The Kier molecular flexibility index (Phi) is 5.96. The fourth-order valence-corrected chi connectivity index (χ4v) is 3.27. The van der Waals surface area contributed by atoms with E-state index in [1.165, 1.54) is 11.3 Å². The van der Waals surface area contributed by atoms with Gasteiger partial charge in [-0.3, -0.25) is 9.78 Å². The van der Waals surface area contributed by atoms with Crippen LogP contribution in [0.5, 0.6) is 5.75 Å². The van der Waals surface area contributed by atoms with Gasteiger partial charge in [-0.25, -0.2) is 4.98 Å². The highest BCUT2D eigenvalue weighted by Gasteiger charge is 2.11. The molecule has 134 valence electrons. The van der Waals surface area contributed by atoms with Gasteiger partial charge in [0.25, 0.3) is 5.91 Å². The van der Waals surface area contributed by atoms with Gasteiger partial charge >= 0.3 is 0 Å². The zero-order chi connectivity index (χ0) is 18.4. The minimum Gasteiger partial charge on any atom is -0.486 e. The van der Waals surface area contributed by atoms with Crippen LogP contribution in [0, 0.1) is 13.8 Å². The van der Waals surface area contributed by atoms with Crippen LogP contribution in [-0.2, 0) is 13.0 Å². The molecular weight excluding hydrogens is 346 g/mol. The number of nitrogens with zero attached hydrogens (tertiary/aromatic N) is 2. The van der Waals surface area contributed by atoms with E-state index in [0.29, 0.717) is 25.3 Å². The van der Waals surface area contributed by atoms with Crippen molar-refractivity contribution in [3.63, 3.8) is 0 Å². The molecule has 1 N–H and O–H groups in total. The number of pyridine rings is 1. The molecule has 0 radical (unpaired) electrons. The number of ether oxygens (including phenoxy) is 1. The lowest BCUT2D eigenvalue weighted by molar-refractivity contribution is 0.0949. The molecule has 0 atom stereocenters. The van der Waals surface area contributed by atoms with Crippen molar-refractivity contribution in [2.45, 2.75) is 26.9 Å². The highest BCUT2D eigenvalue weighted by atomic mass is 32.1. The zero-order valence-electron chi connectivity index (χ0n) is 14.9. The lowest BCUT2D eigenvalue weighted by Gasteiger charge is -2.06. The molecule has 0 aliphatic rings. The molecule has 0 aliphatic heterocycles. The average molecular weight is 367 g/mol. The van der Waals surface area contributed by atoms with Crippen LogP contribution in [-0.4, -0.2) is 22.4 Å². The highest BCUT2D eigenvalue weighted by Crippen LogP contribution is 2.19. The summed E-state index contributed by atoms with van der Waals surface area (Å²) in [5, 5.41) is 5.41.